The topological polar surface area (TPSA) is 38.3 Å². The van der Waals surface area contributed by atoms with Crippen LogP contribution in [0.25, 0.3) is 0 Å². The zero-order valence-electron chi connectivity index (χ0n) is 10.5. The second-order valence-corrected chi connectivity index (χ2v) is 5.82. The van der Waals surface area contributed by atoms with Crippen molar-refractivity contribution < 1.29 is 9.53 Å². The molecule has 0 radical (unpaired) electrons. The van der Waals surface area contributed by atoms with Crippen molar-refractivity contribution in [3.05, 3.63) is 0 Å². The highest BCUT2D eigenvalue weighted by Crippen LogP contribution is 2.49. The van der Waals surface area contributed by atoms with Gasteiger partial charge in [0, 0.05) is 19.4 Å². The standard InChI is InChI=1S/C13H22ClNO2/c1-17-8-12(7-14)15-13(16)6-11-5-9-2-3-10(11)4-9/h9-12H,2-8H2,1H3,(H,15,16). The Morgan fingerprint density at radius 3 is 2.82 bits per heavy atom. The van der Waals surface area contributed by atoms with Crippen molar-refractivity contribution in [2.75, 3.05) is 19.6 Å². The van der Waals surface area contributed by atoms with Gasteiger partial charge in [-0.15, -0.1) is 11.6 Å². The van der Waals surface area contributed by atoms with Crippen LogP contribution < -0.4 is 5.32 Å². The average Bonchev–Trinajstić information content (AvgIpc) is 2.90. The van der Waals surface area contributed by atoms with Gasteiger partial charge in [0.2, 0.25) is 5.91 Å². The molecule has 4 heteroatoms. The van der Waals surface area contributed by atoms with Gasteiger partial charge in [0.1, 0.15) is 0 Å². The van der Waals surface area contributed by atoms with Crippen molar-refractivity contribution in [3.63, 3.8) is 0 Å². The molecule has 2 saturated carbocycles. The van der Waals surface area contributed by atoms with Crippen LogP contribution in [0, 0.1) is 17.8 Å². The van der Waals surface area contributed by atoms with Gasteiger partial charge in [0.15, 0.2) is 0 Å². The predicted octanol–water partition coefficient (Wildman–Crippen LogP) is 2.18. The van der Waals surface area contributed by atoms with Crippen LogP contribution in [0.2, 0.25) is 0 Å². The van der Waals surface area contributed by atoms with Gasteiger partial charge < -0.3 is 10.1 Å². The van der Waals surface area contributed by atoms with E-state index in [0.29, 0.717) is 24.8 Å². The van der Waals surface area contributed by atoms with Gasteiger partial charge in [0.25, 0.3) is 0 Å². The van der Waals surface area contributed by atoms with Crippen LogP contribution in [0.5, 0.6) is 0 Å². The summed E-state index contributed by atoms with van der Waals surface area (Å²) in [5, 5.41) is 2.96. The number of amides is 1. The highest BCUT2D eigenvalue weighted by atomic mass is 35.5. The van der Waals surface area contributed by atoms with Gasteiger partial charge >= 0.3 is 0 Å². The molecule has 0 saturated heterocycles. The lowest BCUT2D eigenvalue weighted by molar-refractivity contribution is -0.123. The zero-order chi connectivity index (χ0) is 12.3. The molecule has 0 spiro atoms. The molecule has 4 atom stereocenters. The van der Waals surface area contributed by atoms with Crippen molar-refractivity contribution in [2.45, 2.75) is 38.1 Å². The van der Waals surface area contributed by atoms with E-state index >= 15 is 0 Å². The number of fused-ring (bicyclic) bond motifs is 2. The molecule has 2 aliphatic carbocycles. The molecule has 0 aliphatic heterocycles. The minimum Gasteiger partial charge on any atom is -0.383 e. The molecule has 4 unspecified atom stereocenters. The van der Waals surface area contributed by atoms with E-state index in [1.54, 1.807) is 7.11 Å². The number of alkyl halides is 1. The van der Waals surface area contributed by atoms with Crippen LogP contribution in [-0.4, -0.2) is 31.5 Å². The normalized spacial score (nSPS) is 32.7. The second kappa shape index (κ2) is 6.05. The molecule has 2 fully saturated rings. The molecule has 2 rings (SSSR count). The molecule has 0 aromatic heterocycles. The molecular formula is C13H22ClNO2. The maximum Gasteiger partial charge on any atom is 0.220 e. The number of carbonyl (C=O) groups excluding carboxylic acids is 1. The first-order chi connectivity index (χ1) is 8.22. The van der Waals surface area contributed by atoms with Gasteiger partial charge in [-0.2, -0.15) is 0 Å². The van der Waals surface area contributed by atoms with Gasteiger partial charge in [0.05, 0.1) is 12.6 Å². The van der Waals surface area contributed by atoms with Gasteiger partial charge in [-0.3, -0.25) is 4.79 Å². The number of ether oxygens (including phenoxy) is 1. The van der Waals surface area contributed by atoms with Gasteiger partial charge in [-0.05, 0) is 37.0 Å². The third-order valence-electron chi connectivity index (χ3n) is 4.25. The summed E-state index contributed by atoms with van der Waals surface area (Å²) in [5.74, 6) is 2.89. The molecule has 3 nitrogen and oxygen atoms in total. The fourth-order valence-corrected chi connectivity index (χ4v) is 3.64. The summed E-state index contributed by atoms with van der Waals surface area (Å²) in [5.41, 5.74) is 0. The van der Waals surface area contributed by atoms with E-state index in [4.69, 9.17) is 16.3 Å². The first-order valence-corrected chi connectivity index (χ1v) is 7.10. The lowest BCUT2D eigenvalue weighted by Crippen LogP contribution is -2.40. The Hall–Kier alpha value is -0.280. The number of rotatable bonds is 6. The molecule has 0 heterocycles. The van der Waals surface area contributed by atoms with E-state index in [1.165, 1.54) is 25.7 Å². The minimum absolute atomic E-state index is 0.0484. The summed E-state index contributed by atoms with van der Waals surface area (Å²) >= 11 is 5.78. The lowest BCUT2D eigenvalue weighted by atomic mass is 9.86. The fraction of sp³-hybridized carbons (Fsp3) is 0.923. The fourth-order valence-electron chi connectivity index (χ4n) is 3.48. The SMILES string of the molecule is COCC(CCl)NC(=O)CC1CC2CCC1C2. The molecule has 0 aromatic carbocycles. The predicted molar refractivity (Wildman–Crippen MR) is 68.1 cm³/mol. The zero-order valence-corrected chi connectivity index (χ0v) is 11.2. The Kier molecular flexibility index (Phi) is 4.69. The van der Waals surface area contributed by atoms with E-state index in [2.05, 4.69) is 5.32 Å². The molecule has 1 N–H and O–H groups in total. The van der Waals surface area contributed by atoms with Crippen molar-refractivity contribution in [2.24, 2.45) is 17.8 Å². The maximum absolute atomic E-state index is 11.9. The summed E-state index contributed by atoms with van der Waals surface area (Å²) in [7, 11) is 1.63. The quantitative estimate of drug-likeness (QED) is 0.743. The summed E-state index contributed by atoms with van der Waals surface area (Å²) in [6.07, 6.45) is 6.01. The Labute approximate surface area is 108 Å². The van der Waals surface area contributed by atoms with Gasteiger partial charge in [-0.1, -0.05) is 6.42 Å². The van der Waals surface area contributed by atoms with Crippen LogP contribution in [0.4, 0.5) is 0 Å². The number of carbonyl (C=O) groups is 1. The highest BCUT2D eigenvalue weighted by Gasteiger charge is 2.40. The molecule has 17 heavy (non-hydrogen) atoms. The van der Waals surface area contributed by atoms with Crippen LogP contribution in [0.15, 0.2) is 0 Å². The number of hydrogen-bond acceptors (Lipinski definition) is 2. The lowest BCUT2D eigenvalue weighted by Gasteiger charge is -2.22. The second-order valence-electron chi connectivity index (χ2n) is 5.51. The summed E-state index contributed by atoms with van der Waals surface area (Å²) in [6, 6.07) is -0.0484. The van der Waals surface area contributed by atoms with E-state index in [9.17, 15) is 4.79 Å². The largest absolute Gasteiger partial charge is 0.383 e. The monoisotopic (exact) mass is 259 g/mol. The molecule has 1 amide bonds. The summed E-state index contributed by atoms with van der Waals surface area (Å²) < 4.78 is 5.02. The summed E-state index contributed by atoms with van der Waals surface area (Å²) in [4.78, 5) is 11.9. The molecule has 98 valence electrons. The van der Waals surface area contributed by atoms with Crippen LogP contribution in [-0.2, 0) is 9.53 Å². The van der Waals surface area contributed by atoms with Crippen molar-refractivity contribution in [1.82, 2.24) is 5.32 Å². The third kappa shape index (κ3) is 3.35. The van der Waals surface area contributed by atoms with Crippen molar-refractivity contribution >= 4 is 17.5 Å². The number of halogens is 1. The Bertz CT molecular complexity index is 272. The molecule has 0 aromatic rings. The van der Waals surface area contributed by atoms with E-state index < -0.39 is 0 Å². The Balaban J connectivity index is 1.73. The number of hydrogen-bond donors (Lipinski definition) is 1. The smallest absolute Gasteiger partial charge is 0.220 e. The first kappa shape index (κ1) is 13.2. The van der Waals surface area contributed by atoms with E-state index in [-0.39, 0.29) is 11.9 Å². The van der Waals surface area contributed by atoms with Crippen molar-refractivity contribution in [3.8, 4) is 0 Å². The van der Waals surface area contributed by atoms with E-state index in [1.807, 2.05) is 0 Å². The maximum atomic E-state index is 11.9. The minimum atomic E-state index is -0.0484. The summed E-state index contributed by atoms with van der Waals surface area (Å²) in [6.45, 7) is 0.492. The van der Waals surface area contributed by atoms with Crippen molar-refractivity contribution in [1.29, 1.82) is 0 Å². The van der Waals surface area contributed by atoms with E-state index in [0.717, 1.165) is 11.8 Å². The molecule has 2 bridgehead atoms. The van der Waals surface area contributed by atoms with Crippen LogP contribution >= 0.6 is 11.6 Å². The highest BCUT2D eigenvalue weighted by molar-refractivity contribution is 6.18. The average molecular weight is 260 g/mol. The van der Waals surface area contributed by atoms with Gasteiger partial charge in [-0.25, -0.2) is 0 Å². The Morgan fingerprint density at radius 2 is 2.29 bits per heavy atom. The number of methoxy groups -OCH3 is 1. The number of nitrogens with one attached hydrogen (secondary N) is 1. The first-order valence-electron chi connectivity index (χ1n) is 6.57. The Morgan fingerprint density at radius 1 is 1.47 bits per heavy atom. The third-order valence-corrected chi connectivity index (χ3v) is 4.62. The molecule has 2 aliphatic rings. The van der Waals surface area contributed by atoms with Crippen LogP contribution in [0.3, 0.4) is 0 Å². The molecular weight excluding hydrogens is 238 g/mol. The van der Waals surface area contributed by atoms with Crippen LogP contribution in [0.1, 0.15) is 32.1 Å².